The van der Waals surface area contributed by atoms with E-state index in [1.807, 2.05) is 0 Å². The van der Waals surface area contributed by atoms with Crippen LogP contribution in [-0.4, -0.2) is 25.7 Å². The van der Waals surface area contributed by atoms with E-state index < -0.39 is 0 Å². The van der Waals surface area contributed by atoms with Crippen LogP contribution in [-0.2, 0) is 0 Å². The van der Waals surface area contributed by atoms with Crippen LogP contribution in [0.5, 0.6) is 0 Å². The first-order valence-electron chi connectivity index (χ1n) is 6.75. The van der Waals surface area contributed by atoms with Crippen LogP contribution in [0.15, 0.2) is 35.9 Å². The Balaban J connectivity index is 1.76. The van der Waals surface area contributed by atoms with Crippen molar-refractivity contribution in [1.29, 1.82) is 0 Å². The molecule has 0 spiro atoms. The molecule has 1 unspecified atom stereocenters. The van der Waals surface area contributed by atoms with Gasteiger partial charge >= 0.3 is 0 Å². The third kappa shape index (κ3) is 2.91. The van der Waals surface area contributed by atoms with Crippen molar-refractivity contribution >= 4 is 22.9 Å². The number of aryl methyl sites for hydroxylation is 2. The lowest BCUT2D eigenvalue weighted by Gasteiger charge is -2.14. The van der Waals surface area contributed by atoms with Crippen molar-refractivity contribution in [2.75, 3.05) is 5.75 Å². The van der Waals surface area contributed by atoms with Crippen molar-refractivity contribution in [3.8, 4) is 0 Å². The van der Waals surface area contributed by atoms with E-state index in [2.05, 4.69) is 52.0 Å². The van der Waals surface area contributed by atoms with E-state index in [-0.39, 0.29) is 6.04 Å². The number of hydrogen-bond acceptors (Lipinski definition) is 5. The van der Waals surface area contributed by atoms with Crippen LogP contribution < -0.4 is 5.73 Å². The monoisotopic (exact) mass is 299 g/mol. The zero-order valence-corrected chi connectivity index (χ0v) is 12.8. The van der Waals surface area contributed by atoms with Gasteiger partial charge < -0.3 is 10.7 Å². The number of H-pyrrole nitrogens is 1. The highest BCUT2D eigenvalue weighted by Crippen LogP contribution is 2.27. The number of aromatic nitrogens is 4. The van der Waals surface area contributed by atoms with Crippen molar-refractivity contribution in [2.24, 2.45) is 5.73 Å². The molecule has 1 aromatic carbocycles. The molecular formula is C15H17N5S. The lowest BCUT2D eigenvalue weighted by atomic mass is 10.0. The minimum Gasteiger partial charge on any atom is -0.341 e. The second kappa shape index (κ2) is 5.83. The van der Waals surface area contributed by atoms with Crippen LogP contribution >= 0.6 is 11.8 Å². The summed E-state index contributed by atoms with van der Waals surface area (Å²) in [7, 11) is 0. The number of benzene rings is 1. The van der Waals surface area contributed by atoms with E-state index in [1.165, 1.54) is 23.0 Å². The highest BCUT2D eigenvalue weighted by atomic mass is 32.2. The molecule has 0 aliphatic rings. The maximum absolute atomic E-state index is 6.32. The quantitative estimate of drug-likeness (QED) is 0.572. The normalized spacial score (nSPS) is 12.7. The fourth-order valence-corrected chi connectivity index (χ4v) is 3.29. The minimum absolute atomic E-state index is 0.0245. The number of rotatable bonds is 4. The summed E-state index contributed by atoms with van der Waals surface area (Å²) in [5.41, 5.74) is 11.6. The van der Waals surface area contributed by atoms with E-state index in [4.69, 9.17) is 5.73 Å². The average molecular weight is 299 g/mol. The lowest BCUT2D eigenvalue weighted by Crippen LogP contribution is -2.14. The predicted octanol–water partition coefficient (Wildman–Crippen LogP) is 2.76. The number of aromatic amines is 1. The molecule has 0 aliphatic carbocycles. The minimum atomic E-state index is -0.0245. The van der Waals surface area contributed by atoms with Crippen LogP contribution in [0.2, 0.25) is 0 Å². The fourth-order valence-electron chi connectivity index (χ4n) is 2.35. The van der Waals surface area contributed by atoms with Gasteiger partial charge in [0.25, 0.3) is 0 Å². The number of hydrogen-bond donors (Lipinski definition) is 2. The van der Waals surface area contributed by atoms with Crippen molar-refractivity contribution < 1.29 is 0 Å². The maximum atomic E-state index is 6.32. The molecule has 3 rings (SSSR count). The van der Waals surface area contributed by atoms with Crippen molar-refractivity contribution in [3.63, 3.8) is 0 Å². The van der Waals surface area contributed by atoms with E-state index in [0.717, 1.165) is 16.3 Å². The van der Waals surface area contributed by atoms with Gasteiger partial charge in [-0.15, -0.1) is 11.8 Å². The van der Waals surface area contributed by atoms with Crippen LogP contribution in [0.4, 0.5) is 0 Å². The van der Waals surface area contributed by atoms with Gasteiger partial charge in [0.1, 0.15) is 16.9 Å². The lowest BCUT2D eigenvalue weighted by molar-refractivity contribution is 0.821. The summed E-state index contributed by atoms with van der Waals surface area (Å²) in [5, 5.41) is 0.887. The predicted molar refractivity (Wildman–Crippen MR) is 85.3 cm³/mol. The molecular weight excluding hydrogens is 282 g/mol. The molecule has 1 atom stereocenters. The van der Waals surface area contributed by atoms with Crippen LogP contribution in [0, 0.1) is 13.8 Å². The molecule has 0 bridgehead atoms. The summed E-state index contributed by atoms with van der Waals surface area (Å²) in [6, 6.07) is 6.35. The molecule has 5 nitrogen and oxygen atoms in total. The van der Waals surface area contributed by atoms with E-state index in [1.54, 1.807) is 18.1 Å². The molecule has 0 amide bonds. The Morgan fingerprint density at radius 3 is 2.90 bits per heavy atom. The number of thioether (sulfide) groups is 1. The van der Waals surface area contributed by atoms with Crippen molar-refractivity contribution in [2.45, 2.75) is 24.9 Å². The standard InChI is InChI=1S/C15H17N5S/c1-9-3-4-11(10(2)5-9)12(16)6-21-15-13-14(18-7-17-13)19-8-20-15/h3-5,7-8,12H,6,16H2,1-2H3,(H,17,18,19,20). The summed E-state index contributed by atoms with van der Waals surface area (Å²) in [6.07, 6.45) is 3.17. The van der Waals surface area contributed by atoms with E-state index in [9.17, 15) is 0 Å². The topological polar surface area (TPSA) is 80.5 Å². The van der Waals surface area contributed by atoms with Gasteiger partial charge in [0, 0.05) is 11.8 Å². The average Bonchev–Trinajstić information content (AvgIpc) is 2.93. The number of nitrogens with zero attached hydrogens (tertiary/aromatic N) is 3. The zero-order chi connectivity index (χ0) is 14.8. The third-order valence-electron chi connectivity index (χ3n) is 3.41. The smallest absolute Gasteiger partial charge is 0.181 e. The molecule has 0 saturated carbocycles. The fraction of sp³-hybridized carbons (Fsp3) is 0.267. The Labute approximate surface area is 127 Å². The molecule has 6 heteroatoms. The Morgan fingerprint density at radius 2 is 2.10 bits per heavy atom. The summed E-state index contributed by atoms with van der Waals surface area (Å²) in [4.78, 5) is 15.6. The first-order chi connectivity index (χ1) is 10.1. The van der Waals surface area contributed by atoms with Crippen LogP contribution in [0.25, 0.3) is 11.2 Å². The van der Waals surface area contributed by atoms with Gasteiger partial charge in [-0.05, 0) is 25.0 Å². The Bertz CT molecular complexity index is 768. The van der Waals surface area contributed by atoms with Gasteiger partial charge in [-0.3, -0.25) is 0 Å². The molecule has 2 aromatic heterocycles. The molecule has 3 aromatic rings. The first-order valence-corrected chi connectivity index (χ1v) is 7.73. The molecule has 0 saturated heterocycles. The van der Waals surface area contributed by atoms with Gasteiger partial charge in [-0.2, -0.15) is 0 Å². The molecule has 2 heterocycles. The molecule has 0 fully saturated rings. The Hall–Kier alpha value is -1.92. The highest BCUT2D eigenvalue weighted by molar-refractivity contribution is 7.99. The molecule has 108 valence electrons. The van der Waals surface area contributed by atoms with E-state index >= 15 is 0 Å². The van der Waals surface area contributed by atoms with Crippen molar-refractivity contribution in [1.82, 2.24) is 19.9 Å². The van der Waals surface area contributed by atoms with Gasteiger partial charge in [-0.1, -0.05) is 23.8 Å². The highest BCUT2D eigenvalue weighted by Gasteiger charge is 2.12. The number of imidazole rings is 1. The Kier molecular flexibility index (Phi) is 3.90. The zero-order valence-electron chi connectivity index (χ0n) is 12.0. The van der Waals surface area contributed by atoms with Gasteiger partial charge in [0.05, 0.1) is 6.33 Å². The molecule has 3 N–H and O–H groups in total. The SMILES string of the molecule is Cc1ccc(C(N)CSc2ncnc3nc[nH]c23)c(C)c1. The number of fused-ring (bicyclic) bond motifs is 1. The van der Waals surface area contributed by atoms with Crippen LogP contribution in [0.1, 0.15) is 22.7 Å². The second-order valence-electron chi connectivity index (χ2n) is 5.06. The number of nitrogens with one attached hydrogen (secondary N) is 1. The first kappa shape index (κ1) is 14.0. The molecule has 0 radical (unpaired) electrons. The number of nitrogens with two attached hydrogens (primary N) is 1. The largest absolute Gasteiger partial charge is 0.341 e. The van der Waals surface area contributed by atoms with Crippen molar-refractivity contribution in [3.05, 3.63) is 47.5 Å². The van der Waals surface area contributed by atoms with Gasteiger partial charge in [0.2, 0.25) is 0 Å². The maximum Gasteiger partial charge on any atom is 0.181 e. The van der Waals surface area contributed by atoms with Crippen LogP contribution in [0.3, 0.4) is 0 Å². The molecule has 21 heavy (non-hydrogen) atoms. The Morgan fingerprint density at radius 1 is 1.24 bits per heavy atom. The summed E-state index contributed by atoms with van der Waals surface area (Å²) < 4.78 is 0. The third-order valence-corrected chi connectivity index (χ3v) is 4.52. The second-order valence-corrected chi connectivity index (χ2v) is 6.07. The molecule has 0 aliphatic heterocycles. The van der Waals surface area contributed by atoms with E-state index in [0.29, 0.717) is 5.65 Å². The summed E-state index contributed by atoms with van der Waals surface area (Å²) >= 11 is 1.62. The van der Waals surface area contributed by atoms with Gasteiger partial charge in [0.15, 0.2) is 5.65 Å². The summed E-state index contributed by atoms with van der Waals surface area (Å²) in [5.74, 6) is 0.759. The van der Waals surface area contributed by atoms with Gasteiger partial charge in [-0.25, -0.2) is 15.0 Å². The summed E-state index contributed by atoms with van der Waals surface area (Å²) in [6.45, 7) is 4.19.